The van der Waals surface area contributed by atoms with E-state index in [0.717, 1.165) is 46.5 Å². The van der Waals surface area contributed by atoms with Gasteiger partial charge in [0.2, 0.25) is 6.79 Å². The number of hydrogen-bond donors (Lipinski definition) is 1. The largest absolute Gasteiger partial charge is 0.508 e. The van der Waals surface area contributed by atoms with E-state index in [1.807, 2.05) is 6.07 Å². The van der Waals surface area contributed by atoms with Crippen molar-refractivity contribution in [2.45, 2.75) is 18.9 Å². The molecule has 0 amide bonds. The second-order valence-electron chi connectivity index (χ2n) is 7.37. The van der Waals surface area contributed by atoms with E-state index < -0.39 is 0 Å². The number of aromatic hydroxyl groups is 1. The highest BCUT2D eigenvalue weighted by molar-refractivity contribution is 5.84. The first-order chi connectivity index (χ1) is 11.0. The fraction of sp³-hybridized carbons (Fsp3) is 0.368. The van der Waals surface area contributed by atoms with Gasteiger partial charge in [-0.1, -0.05) is 6.07 Å². The zero-order chi connectivity index (χ0) is 15.8. The van der Waals surface area contributed by atoms with Gasteiger partial charge in [0.1, 0.15) is 11.8 Å². The molecule has 23 heavy (non-hydrogen) atoms. The number of likely N-dealkylation sites (N-methyl/N-ethyl adjacent to an activating group) is 1. The Bertz CT molecular complexity index is 841. The second-order valence-corrected chi connectivity index (χ2v) is 7.37. The first kappa shape index (κ1) is 13.3. The van der Waals surface area contributed by atoms with Gasteiger partial charge in [0.25, 0.3) is 0 Å². The first-order valence-electron chi connectivity index (χ1n) is 8.15. The molecule has 0 saturated heterocycles. The molecule has 0 aromatic heterocycles. The van der Waals surface area contributed by atoms with Crippen molar-refractivity contribution in [3.8, 4) is 28.4 Å². The summed E-state index contributed by atoms with van der Waals surface area (Å²) in [4.78, 5) is 0. The summed E-state index contributed by atoms with van der Waals surface area (Å²) < 4.78 is 12.5. The number of rotatable bonds is 0. The summed E-state index contributed by atoms with van der Waals surface area (Å²) in [6, 6.07) is 8.31. The molecule has 0 unspecified atom stereocenters. The molecule has 118 valence electrons. The number of phenols is 1. The lowest BCUT2D eigenvalue weighted by molar-refractivity contribution is -0.923. The van der Waals surface area contributed by atoms with Crippen LogP contribution in [0.25, 0.3) is 11.1 Å². The molecule has 2 aliphatic heterocycles. The minimum atomic E-state index is 0.280. The quantitative estimate of drug-likeness (QED) is 0.760. The van der Waals surface area contributed by atoms with Gasteiger partial charge >= 0.3 is 0 Å². The fourth-order valence-corrected chi connectivity index (χ4v) is 4.41. The molecule has 0 bridgehead atoms. The lowest BCUT2D eigenvalue weighted by Gasteiger charge is -2.45. The number of fused-ring (bicyclic) bond motifs is 4. The third-order valence-corrected chi connectivity index (χ3v) is 5.70. The summed E-state index contributed by atoms with van der Waals surface area (Å²) in [6.07, 6.45) is 2.05. The molecule has 0 fully saturated rings. The van der Waals surface area contributed by atoms with Crippen LogP contribution in [0, 0.1) is 0 Å². The minimum absolute atomic E-state index is 0.280. The van der Waals surface area contributed by atoms with E-state index in [9.17, 15) is 5.11 Å². The summed E-state index contributed by atoms with van der Waals surface area (Å²) in [5, 5.41) is 10.00. The normalized spacial score (nSPS) is 22.4. The Labute approximate surface area is 135 Å². The molecule has 2 aromatic rings. The van der Waals surface area contributed by atoms with Crippen molar-refractivity contribution < 1.29 is 19.1 Å². The first-order valence-corrected chi connectivity index (χ1v) is 8.15. The Morgan fingerprint density at radius 1 is 1.13 bits per heavy atom. The topological polar surface area (TPSA) is 38.7 Å². The third-order valence-electron chi connectivity index (χ3n) is 5.70. The Hall–Kier alpha value is -2.20. The number of benzene rings is 2. The van der Waals surface area contributed by atoms with Crippen LogP contribution < -0.4 is 9.47 Å². The highest BCUT2D eigenvalue weighted by Gasteiger charge is 2.43. The molecule has 1 atom stereocenters. The molecule has 1 aliphatic carbocycles. The summed E-state index contributed by atoms with van der Waals surface area (Å²) >= 11 is 0. The van der Waals surface area contributed by atoms with Crippen LogP contribution in [-0.2, 0) is 12.8 Å². The van der Waals surface area contributed by atoms with E-state index >= 15 is 0 Å². The zero-order valence-corrected chi connectivity index (χ0v) is 13.4. The molecular formula is C19H20NO3+. The van der Waals surface area contributed by atoms with Gasteiger partial charge in [-0.3, -0.25) is 0 Å². The molecule has 4 nitrogen and oxygen atoms in total. The van der Waals surface area contributed by atoms with Crippen molar-refractivity contribution in [3.05, 3.63) is 41.0 Å². The summed E-state index contributed by atoms with van der Waals surface area (Å²) in [5.41, 5.74) is 6.29. The Morgan fingerprint density at radius 2 is 2.00 bits per heavy atom. The zero-order valence-electron chi connectivity index (χ0n) is 13.4. The van der Waals surface area contributed by atoms with Gasteiger partial charge in [0, 0.05) is 24.0 Å². The van der Waals surface area contributed by atoms with Crippen molar-refractivity contribution in [1.82, 2.24) is 0 Å². The van der Waals surface area contributed by atoms with Crippen LogP contribution in [0.4, 0.5) is 0 Å². The van der Waals surface area contributed by atoms with Crippen LogP contribution in [0.2, 0.25) is 0 Å². The highest BCUT2D eigenvalue weighted by Crippen LogP contribution is 2.55. The van der Waals surface area contributed by atoms with E-state index in [0.29, 0.717) is 11.8 Å². The average Bonchev–Trinajstić information content (AvgIpc) is 2.98. The summed E-state index contributed by atoms with van der Waals surface area (Å²) in [7, 11) is 4.63. The van der Waals surface area contributed by atoms with E-state index in [-0.39, 0.29) is 6.79 Å². The van der Waals surface area contributed by atoms with E-state index in [4.69, 9.17) is 9.47 Å². The average molecular weight is 310 g/mol. The van der Waals surface area contributed by atoms with Crippen molar-refractivity contribution in [2.75, 3.05) is 27.4 Å². The van der Waals surface area contributed by atoms with Crippen LogP contribution >= 0.6 is 0 Å². The standard InChI is InChI=1S/C19H19NO3/c1-20(2)6-5-12-8-16-19(23-10-22-16)18-14-9-13(21)4-3-11(14)7-15(20)17(12)18/h3-4,8-9,15H,5-7,10H2,1-2H3/p+1/t15-/m0/s1. The predicted octanol–water partition coefficient (Wildman–Crippen LogP) is 3.02. The Kier molecular flexibility index (Phi) is 2.42. The predicted molar refractivity (Wildman–Crippen MR) is 86.8 cm³/mol. The van der Waals surface area contributed by atoms with Gasteiger partial charge in [-0.2, -0.15) is 0 Å². The van der Waals surface area contributed by atoms with Crippen LogP contribution in [0.15, 0.2) is 24.3 Å². The van der Waals surface area contributed by atoms with Crippen molar-refractivity contribution in [3.63, 3.8) is 0 Å². The Balaban J connectivity index is 1.89. The van der Waals surface area contributed by atoms with Gasteiger partial charge in [-0.15, -0.1) is 0 Å². The van der Waals surface area contributed by atoms with Crippen LogP contribution in [0.5, 0.6) is 17.2 Å². The molecular weight excluding hydrogens is 290 g/mol. The maximum absolute atomic E-state index is 10.00. The molecule has 4 heteroatoms. The van der Waals surface area contributed by atoms with Gasteiger partial charge < -0.3 is 19.1 Å². The number of phenolic OH excluding ortho intramolecular Hbond substituents is 1. The SMILES string of the molecule is C[N+]1(C)CCc2cc3c(c4c2[C@@H]1Cc1ccc(O)cc1-4)OCO3. The van der Waals surface area contributed by atoms with Crippen LogP contribution in [0.1, 0.15) is 22.7 Å². The van der Waals surface area contributed by atoms with E-state index in [1.54, 1.807) is 6.07 Å². The number of quaternary nitrogens is 1. The van der Waals surface area contributed by atoms with Gasteiger partial charge in [0.05, 0.1) is 20.6 Å². The summed E-state index contributed by atoms with van der Waals surface area (Å²) in [5.74, 6) is 2.00. The molecule has 2 heterocycles. The maximum atomic E-state index is 10.00. The Morgan fingerprint density at radius 3 is 2.87 bits per heavy atom. The summed E-state index contributed by atoms with van der Waals surface area (Å²) in [6.45, 7) is 1.41. The lowest BCUT2D eigenvalue weighted by atomic mass is 9.75. The smallest absolute Gasteiger partial charge is 0.231 e. The molecule has 0 radical (unpaired) electrons. The highest BCUT2D eigenvalue weighted by atomic mass is 16.7. The van der Waals surface area contributed by atoms with Crippen molar-refractivity contribution in [2.24, 2.45) is 0 Å². The number of hydrogen-bond acceptors (Lipinski definition) is 3. The van der Waals surface area contributed by atoms with Gasteiger partial charge in [-0.25, -0.2) is 0 Å². The maximum Gasteiger partial charge on any atom is 0.231 e. The fourth-order valence-electron chi connectivity index (χ4n) is 4.41. The third kappa shape index (κ3) is 1.70. The van der Waals surface area contributed by atoms with Crippen LogP contribution in [-0.4, -0.2) is 37.0 Å². The number of ether oxygens (including phenoxy) is 2. The lowest BCUT2D eigenvalue weighted by Crippen LogP contribution is -2.49. The molecule has 3 aliphatic rings. The second kappa shape index (κ2) is 4.20. The molecule has 5 rings (SSSR count). The molecule has 0 spiro atoms. The van der Waals surface area contributed by atoms with Crippen LogP contribution in [0.3, 0.4) is 0 Å². The minimum Gasteiger partial charge on any atom is -0.508 e. The van der Waals surface area contributed by atoms with Gasteiger partial charge in [0.15, 0.2) is 11.5 Å². The van der Waals surface area contributed by atoms with Crippen molar-refractivity contribution >= 4 is 0 Å². The monoisotopic (exact) mass is 310 g/mol. The van der Waals surface area contributed by atoms with Crippen molar-refractivity contribution in [1.29, 1.82) is 0 Å². The molecule has 2 aromatic carbocycles. The molecule has 0 saturated carbocycles. The van der Waals surface area contributed by atoms with E-state index in [1.165, 1.54) is 16.7 Å². The number of nitrogens with zero attached hydrogens (tertiary/aromatic N) is 1. The van der Waals surface area contributed by atoms with Gasteiger partial charge in [-0.05, 0) is 34.9 Å². The molecule has 1 N–H and O–H groups in total. The van der Waals surface area contributed by atoms with E-state index in [2.05, 4.69) is 26.2 Å².